The molecule has 35 heavy (non-hydrogen) atoms. The Morgan fingerprint density at radius 1 is 0.857 bits per heavy atom. The average molecular weight is 497 g/mol. The second kappa shape index (κ2) is 15.2. The Morgan fingerprint density at radius 3 is 2.14 bits per heavy atom. The molecule has 1 atom stereocenters. The van der Waals surface area contributed by atoms with Gasteiger partial charge in [0.1, 0.15) is 12.4 Å². The van der Waals surface area contributed by atoms with Crippen molar-refractivity contribution in [3.05, 3.63) is 36.4 Å². The Hall–Kier alpha value is -2.84. The Kier molecular flexibility index (Phi) is 12.3. The van der Waals surface area contributed by atoms with Crippen molar-refractivity contribution < 1.29 is 32.2 Å². The fourth-order valence-electron chi connectivity index (χ4n) is 3.26. The highest BCUT2D eigenvalue weighted by atomic mass is 19.4. The number of rotatable bonds is 16. The topological polar surface area (TPSA) is 70.5 Å². The fourth-order valence-corrected chi connectivity index (χ4v) is 3.26. The summed E-state index contributed by atoms with van der Waals surface area (Å²) in [5.74, 6) is -0.216. The maximum atomic E-state index is 13.3. The van der Waals surface area contributed by atoms with Crippen molar-refractivity contribution >= 4 is 5.97 Å². The molecule has 1 aromatic carbocycles. The lowest BCUT2D eigenvalue weighted by molar-refractivity contribution is -0.227. The van der Waals surface area contributed by atoms with Crippen LogP contribution in [0.5, 0.6) is 11.6 Å². The largest absolute Gasteiger partial charge is 0.494 e. The Morgan fingerprint density at radius 2 is 1.54 bits per heavy atom. The number of hydrogen-bond donors (Lipinski definition) is 0. The van der Waals surface area contributed by atoms with E-state index in [0.717, 1.165) is 43.4 Å². The minimum atomic E-state index is -4.74. The van der Waals surface area contributed by atoms with Gasteiger partial charge in [-0.25, -0.2) is 0 Å². The molecule has 6 nitrogen and oxygen atoms in total. The summed E-state index contributed by atoms with van der Waals surface area (Å²) in [5.41, 5.74) is 1.32. The van der Waals surface area contributed by atoms with E-state index in [4.69, 9.17) is 9.47 Å². The van der Waals surface area contributed by atoms with E-state index in [1.54, 1.807) is 6.07 Å². The molecule has 9 heteroatoms. The maximum Gasteiger partial charge on any atom is 0.428 e. The molecule has 1 aromatic heterocycles. The molecule has 2 aromatic rings. The molecule has 0 aliphatic heterocycles. The zero-order valence-electron chi connectivity index (χ0n) is 20.5. The molecule has 1 unspecified atom stereocenters. The summed E-state index contributed by atoms with van der Waals surface area (Å²) in [4.78, 5) is 11.8. The van der Waals surface area contributed by atoms with Gasteiger partial charge in [-0.3, -0.25) is 4.79 Å². The smallest absolute Gasteiger partial charge is 0.428 e. The van der Waals surface area contributed by atoms with Gasteiger partial charge in [0.05, 0.1) is 12.3 Å². The number of hydrogen-bond acceptors (Lipinski definition) is 6. The summed E-state index contributed by atoms with van der Waals surface area (Å²) >= 11 is 0. The minimum absolute atomic E-state index is 0.0518. The molecule has 0 aliphatic carbocycles. The SMILES string of the molecule is CCCCCCOc1ccc(-c2ccc(OCC(OC(=O)CCCCCC)C(F)(F)F)nn2)cc1. The number of carbonyl (C=O) groups is 1. The zero-order valence-corrected chi connectivity index (χ0v) is 20.5. The number of benzene rings is 1. The lowest BCUT2D eigenvalue weighted by Gasteiger charge is -2.20. The molecule has 0 amide bonds. The van der Waals surface area contributed by atoms with Crippen molar-refractivity contribution in [1.82, 2.24) is 10.2 Å². The van der Waals surface area contributed by atoms with Crippen LogP contribution in [0.15, 0.2) is 36.4 Å². The molecular weight excluding hydrogens is 461 g/mol. The third-order valence-electron chi connectivity index (χ3n) is 5.31. The van der Waals surface area contributed by atoms with E-state index in [1.807, 2.05) is 31.2 Å². The Labute approximate surface area is 205 Å². The first-order valence-corrected chi connectivity index (χ1v) is 12.3. The molecule has 0 aliphatic rings. The van der Waals surface area contributed by atoms with Gasteiger partial charge in [-0.1, -0.05) is 52.4 Å². The number of esters is 1. The first-order valence-electron chi connectivity index (χ1n) is 12.3. The van der Waals surface area contributed by atoms with Crippen LogP contribution in [-0.2, 0) is 9.53 Å². The first kappa shape index (κ1) is 28.4. The maximum absolute atomic E-state index is 13.3. The third kappa shape index (κ3) is 11.0. The van der Waals surface area contributed by atoms with Crippen molar-refractivity contribution in [2.24, 2.45) is 0 Å². The molecule has 2 rings (SSSR count). The third-order valence-corrected chi connectivity index (χ3v) is 5.31. The van der Waals surface area contributed by atoms with Gasteiger partial charge >= 0.3 is 12.1 Å². The molecule has 0 spiro atoms. The van der Waals surface area contributed by atoms with Gasteiger partial charge in [-0.15, -0.1) is 10.2 Å². The number of halogens is 3. The highest BCUT2D eigenvalue weighted by Crippen LogP contribution is 2.25. The highest BCUT2D eigenvalue weighted by molar-refractivity contribution is 5.69. The van der Waals surface area contributed by atoms with Gasteiger partial charge in [-0.2, -0.15) is 13.2 Å². The summed E-state index contributed by atoms with van der Waals surface area (Å²) in [7, 11) is 0. The predicted octanol–water partition coefficient (Wildman–Crippen LogP) is 6.93. The van der Waals surface area contributed by atoms with Crippen LogP contribution >= 0.6 is 0 Å². The van der Waals surface area contributed by atoms with Gasteiger partial charge < -0.3 is 14.2 Å². The van der Waals surface area contributed by atoms with Gasteiger partial charge in [0.15, 0.2) is 0 Å². The normalized spacial score (nSPS) is 12.3. The second-order valence-corrected chi connectivity index (χ2v) is 8.33. The number of aromatic nitrogens is 2. The second-order valence-electron chi connectivity index (χ2n) is 8.33. The standard InChI is InChI=1S/C26H35F3N2O4/c1-3-5-7-9-11-25(32)35-23(26(27,28)29)19-34-24-17-16-22(30-31-24)20-12-14-21(15-13-20)33-18-10-8-6-4-2/h12-17,23H,3-11,18-19H2,1-2H3. The highest BCUT2D eigenvalue weighted by Gasteiger charge is 2.43. The van der Waals surface area contributed by atoms with Crippen LogP contribution in [0.2, 0.25) is 0 Å². The number of ether oxygens (including phenoxy) is 3. The van der Waals surface area contributed by atoms with Crippen molar-refractivity contribution in [1.29, 1.82) is 0 Å². The number of alkyl halides is 3. The molecular formula is C26H35F3N2O4. The van der Waals surface area contributed by atoms with E-state index in [9.17, 15) is 18.0 Å². The van der Waals surface area contributed by atoms with E-state index in [-0.39, 0.29) is 12.3 Å². The first-order chi connectivity index (χ1) is 16.8. The summed E-state index contributed by atoms with van der Waals surface area (Å²) in [6.45, 7) is 3.95. The molecule has 0 radical (unpaired) electrons. The summed E-state index contributed by atoms with van der Waals surface area (Å²) in [6.07, 6.45) is 0.522. The van der Waals surface area contributed by atoms with E-state index in [1.165, 1.54) is 18.9 Å². The Bertz CT molecular complexity index is 858. The lowest BCUT2D eigenvalue weighted by Crippen LogP contribution is -2.38. The molecule has 1 heterocycles. The van der Waals surface area contributed by atoms with E-state index in [0.29, 0.717) is 18.7 Å². The molecule has 194 valence electrons. The average Bonchev–Trinajstić information content (AvgIpc) is 2.84. The van der Waals surface area contributed by atoms with E-state index < -0.39 is 24.9 Å². The number of nitrogens with zero attached hydrogens (tertiary/aromatic N) is 2. The lowest BCUT2D eigenvalue weighted by atomic mass is 10.1. The number of unbranched alkanes of at least 4 members (excludes halogenated alkanes) is 6. The molecule has 0 fully saturated rings. The molecule has 0 saturated heterocycles. The van der Waals surface area contributed by atoms with E-state index in [2.05, 4.69) is 21.9 Å². The quantitative estimate of drug-likeness (QED) is 0.185. The predicted molar refractivity (Wildman–Crippen MR) is 127 cm³/mol. The van der Waals surface area contributed by atoms with Crippen LogP contribution in [0, 0.1) is 0 Å². The summed E-state index contributed by atoms with van der Waals surface area (Å²) in [6, 6.07) is 10.4. The van der Waals surface area contributed by atoms with Crippen molar-refractivity contribution in [2.45, 2.75) is 83.9 Å². The molecule has 0 saturated carbocycles. The van der Waals surface area contributed by atoms with Crippen LogP contribution in [0.4, 0.5) is 13.2 Å². The van der Waals surface area contributed by atoms with Crippen molar-refractivity contribution in [2.75, 3.05) is 13.2 Å². The van der Waals surface area contributed by atoms with Crippen molar-refractivity contribution in [3.63, 3.8) is 0 Å². The summed E-state index contributed by atoms with van der Waals surface area (Å²) < 4.78 is 55.3. The van der Waals surface area contributed by atoms with Crippen molar-refractivity contribution in [3.8, 4) is 22.9 Å². The minimum Gasteiger partial charge on any atom is -0.494 e. The van der Waals surface area contributed by atoms with Crippen LogP contribution in [-0.4, -0.2) is 41.7 Å². The van der Waals surface area contributed by atoms with Crippen LogP contribution in [0.3, 0.4) is 0 Å². The summed E-state index contributed by atoms with van der Waals surface area (Å²) in [5, 5.41) is 7.88. The fraction of sp³-hybridized carbons (Fsp3) is 0.577. The van der Waals surface area contributed by atoms with Crippen LogP contribution < -0.4 is 9.47 Å². The number of carbonyl (C=O) groups excluding carboxylic acids is 1. The van der Waals surface area contributed by atoms with Crippen LogP contribution in [0.25, 0.3) is 11.3 Å². The van der Waals surface area contributed by atoms with Gasteiger partial charge in [0.25, 0.3) is 0 Å². The monoisotopic (exact) mass is 496 g/mol. The van der Waals surface area contributed by atoms with Gasteiger partial charge in [0.2, 0.25) is 12.0 Å². The van der Waals surface area contributed by atoms with Gasteiger partial charge in [-0.05, 0) is 43.2 Å². The van der Waals surface area contributed by atoms with Gasteiger partial charge in [0, 0.05) is 18.1 Å². The molecule has 0 N–H and O–H groups in total. The molecule has 0 bridgehead atoms. The Balaban J connectivity index is 1.85. The van der Waals surface area contributed by atoms with Crippen LogP contribution in [0.1, 0.15) is 71.6 Å². The van der Waals surface area contributed by atoms with E-state index >= 15 is 0 Å². The zero-order chi connectivity index (χ0) is 25.5.